The molecule has 0 saturated heterocycles. The molecule has 1 heterocycles. The minimum atomic E-state index is -0.821. The predicted molar refractivity (Wildman–Crippen MR) is 128 cm³/mol. The van der Waals surface area contributed by atoms with Crippen LogP contribution in [-0.2, 0) is 13.0 Å². The van der Waals surface area contributed by atoms with Crippen LogP contribution in [0, 0.1) is 21.3 Å². The van der Waals surface area contributed by atoms with Crippen LogP contribution in [0.4, 0.5) is 10.1 Å². The zero-order valence-corrected chi connectivity index (χ0v) is 21.3. The molecule has 31 heavy (non-hydrogen) atoms. The van der Waals surface area contributed by atoms with Crippen molar-refractivity contribution in [1.82, 2.24) is 9.55 Å². The molecule has 168 valence electrons. The number of nitro benzene ring substituents is 1. The van der Waals surface area contributed by atoms with E-state index in [1.165, 1.54) is 6.07 Å². The Balaban J connectivity index is 0.000000262. The first-order chi connectivity index (χ1) is 14.2. The number of benzene rings is 2. The second-order valence-electron chi connectivity index (χ2n) is 9.15. The normalized spacial score (nSPS) is 11.9. The first-order valence-electron chi connectivity index (χ1n) is 9.63. The van der Waals surface area contributed by atoms with Gasteiger partial charge in [-0.2, -0.15) is 4.39 Å². The monoisotopic (exact) mass is 557 g/mol. The molecule has 3 rings (SSSR count). The number of aliphatic hydroxyl groups is 1. The summed E-state index contributed by atoms with van der Waals surface area (Å²) in [7, 11) is 0. The van der Waals surface area contributed by atoms with E-state index in [9.17, 15) is 19.6 Å². The number of hydrogen-bond acceptors (Lipinski definition) is 4. The molecule has 0 aliphatic heterocycles. The molecule has 0 unspecified atom stereocenters. The molecule has 6 nitrogen and oxygen atoms in total. The molecule has 3 aromatic rings. The van der Waals surface area contributed by atoms with Crippen molar-refractivity contribution in [3.05, 3.63) is 67.1 Å². The quantitative estimate of drug-likeness (QED) is 0.287. The van der Waals surface area contributed by atoms with E-state index < -0.39 is 22.0 Å². The van der Waals surface area contributed by atoms with Crippen LogP contribution in [0.15, 0.2) is 45.3 Å². The summed E-state index contributed by atoms with van der Waals surface area (Å²) in [5.74, 6) is 0.214. The molecular weight excluding hydrogens is 533 g/mol. The van der Waals surface area contributed by atoms with Gasteiger partial charge in [-0.1, -0.05) is 52.6 Å². The van der Waals surface area contributed by atoms with E-state index in [2.05, 4.69) is 63.3 Å². The van der Waals surface area contributed by atoms with E-state index in [1.807, 2.05) is 26.0 Å². The molecule has 0 spiro atoms. The molecule has 9 heteroatoms. The number of halogens is 3. The summed E-state index contributed by atoms with van der Waals surface area (Å²) < 4.78 is 16.2. The first-order valence-corrected chi connectivity index (χ1v) is 11.2. The Labute approximate surface area is 197 Å². The third-order valence-electron chi connectivity index (χ3n) is 4.13. The molecule has 1 aromatic heterocycles. The number of aromatic nitrogens is 2. The summed E-state index contributed by atoms with van der Waals surface area (Å²) in [6.07, 6.45) is 0.884. The Bertz CT molecular complexity index is 1090. The molecule has 0 amide bonds. The van der Waals surface area contributed by atoms with Gasteiger partial charge >= 0.3 is 5.69 Å². The van der Waals surface area contributed by atoms with Crippen molar-refractivity contribution in [2.24, 2.45) is 5.41 Å². The maximum Gasteiger partial charge on any atom is 0.305 e. The average Bonchev–Trinajstić information content (AvgIpc) is 2.90. The van der Waals surface area contributed by atoms with E-state index in [1.54, 1.807) is 0 Å². The van der Waals surface area contributed by atoms with Gasteiger partial charge < -0.3 is 9.67 Å². The molecule has 1 N–H and O–H groups in total. The Hall–Kier alpha value is -1.84. The van der Waals surface area contributed by atoms with Gasteiger partial charge in [0.25, 0.3) is 0 Å². The van der Waals surface area contributed by atoms with E-state index >= 15 is 0 Å². The van der Waals surface area contributed by atoms with Gasteiger partial charge in [-0.25, -0.2) is 4.98 Å². The van der Waals surface area contributed by atoms with Gasteiger partial charge in [0, 0.05) is 21.4 Å². The highest BCUT2D eigenvalue weighted by Crippen LogP contribution is 2.27. The standard InChI is InChI=1S/C16H23BrN2O.C6H3BrFNO2/c1-15(2,3)9-14-18-12-8-11(17)6-7-13(12)19(14)10-16(4,5)20;7-4-1-2-5(8)6(3-4)9(10)11/h6-8,20H,9-10H2,1-5H3;1-3H. The fourth-order valence-electron chi connectivity index (χ4n) is 2.95. The second-order valence-corrected chi connectivity index (χ2v) is 11.0. The van der Waals surface area contributed by atoms with Crippen molar-refractivity contribution in [3.8, 4) is 0 Å². The van der Waals surface area contributed by atoms with E-state index in [4.69, 9.17) is 4.98 Å². The molecule has 0 fully saturated rings. The van der Waals surface area contributed by atoms with E-state index in [-0.39, 0.29) is 5.41 Å². The zero-order chi connectivity index (χ0) is 23.6. The largest absolute Gasteiger partial charge is 0.389 e. The van der Waals surface area contributed by atoms with Crippen LogP contribution < -0.4 is 0 Å². The van der Waals surface area contributed by atoms with Gasteiger partial charge in [0.05, 0.1) is 28.1 Å². The van der Waals surface area contributed by atoms with Crippen LogP contribution in [0.5, 0.6) is 0 Å². The van der Waals surface area contributed by atoms with Gasteiger partial charge in [0.15, 0.2) is 0 Å². The fourth-order valence-corrected chi connectivity index (χ4v) is 3.65. The highest BCUT2D eigenvalue weighted by atomic mass is 79.9. The lowest BCUT2D eigenvalue weighted by atomic mass is 9.92. The Morgan fingerprint density at radius 3 is 2.19 bits per heavy atom. The lowest BCUT2D eigenvalue weighted by Crippen LogP contribution is -2.28. The zero-order valence-electron chi connectivity index (χ0n) is 18.1. The number of rotatable bonds is 4. The first kappa shape index (κ1) is 25.4. The lowest BCUT2D eigenvalue weighted by Gasteiger charge is -2.23. The topological polar surface area (TPSA) is 81.2 Å². The predicted octanol–water partition coefficient (Wildman–Crippen LogP) is 6.65. The van der Waals surface area contributed by atoms with Gasteiger partial charge in [-0.3, -0.25) is 10.1 Å². The fraction of sp³-hybridized carbons (Fsp3) is 0.409. The maximum atomic E-state index is 12.6. The highest BCUT2D eigenvalue weighted by molar-refractivity contribution is 9.10. The molecular formula is C22H26Br2FN3O3. The van der Waals surface area contributed by atoms with Gasteiger partial charge in [0.1, 0.15) is 5.82 Å². The Morgan fingerprint density at radius 1 is 1.10 bits per heavy atom. The van der Waals surface area contributed by atoms with Gasteiger partial charge in [-0.05, 0) is 49.6 Å². The summed E-state index contributed by atoms with van der Waals surface area (Å²) in [5.41, 5.74) is 0.945. The van der Waals surface area contributed by atoms with Crippen LogP contribution >= 0.6 is 31.9 Å². The summed E-state index contributed by atoms with van der Waals surface area (Å²) in [4.78, 5) is 14.1. The molecule has 0 saturated carbocycles. The Kier molecular flexibility index (Phi) is 7.99. The van der Waals surface area contributed by atoms with Crippen molar-refractivity contribution >= 4 is 48.6 Å². The number of nitrogens with zero attached hydrogens (tertiary/aromatic N) is 3. The molecule has 0 atom stereocenters. The van der Waals surface area contributed by atoms with E-state index in [0.29, 0.717) is 11.0 Å². The SMILES string of the molecule is CC(C)(C)Cc1nc2cc(Br)ccc2n1CC(C)(C)O.O=[N+]([O-])c1cc(Br)ccc1F. The minimum absolute atomic E-state index is 0.163. The third kappa shape index (κ3) is 7.66. The van der Waals surface area contributed by atoms with Crippen molar-refractivity contribution in [2.45, 2.75) is 53.2 Å². The van der Waals surface area contributed by atoms with Crippen LogP contribution in [-0.4, -0.2) is 25.2 Å². The number of hydrogen-bond donors (Lipinski definition) is 1. The lowest BCUT2D eigenvalue weighted by molar-refractivity contribution is -0.387. The smallest absolute Gasteiger partial charge is 0.305 e. The van der Waals surface area contributed by atoms with Crippen LogP contribution in [0.3, 0.4) is 0 Å². The number of fused-ring (bicyclic) bond motifs is 1. The molecule has 0 aliphatic rings. The van der Waals surface area contributed by atoms with E-state index in [0.717, 1.165) is 39.9 Å². The van der Waals surface area contributed by atoms with Crippen molar-refractivity contribution < 1.29 is 14.4 Å². The van der Waals surface area contributed by atoms with Crippen molar-refractivity contribution in [1.29, 1.82) is 0 Å². The minimum Gasteiger partial charge on any atom is -0.389 e. The van der Waals surface area contributed by atoms with Crippen molar-refractivity contribution in [3.63, 3.8) is 0 Å². The summed E-state index contributed by atoms with van der Waals surface area (Å²) in [5, 5.41) is 20.3. The molecule has 0 radical (unpaired) electrons. The van der Waals surface area contributed by atoms with Gasteiger partial charge in [0.2, 0.25) is 5.82 Å². The molecule has 0 aliphatic carbocycles. The highest BCUT2D eigenvalue weighted by Gasteiger charge is 2.22. The average molecular weight is 559 g/mol. The summed E-state index contributed by atoms with van der Waals surface area (Å²) >= 11 is 6.48. The third-order valence-corrected chi connectivity index (χ3v) is 5.11. The summed E-state index contributed by atoms with van der Waals surface area (Å²) in [6.45, 7) is 10.8. The molecule has 2 aromatic carbocycles. The van der Waals surface area contributed by atoms with Crippen LogP contribution in [0.1, 0.15) is 40.4 Å². The number of imidazole rings is 1. The molecule has 0 bridgehead atoms. The van der Waals surface area contributed by atoms with Gasteiger partial charge in [-0.15, -0.1) is 0 Å². The van der Waals surface area contributed by atoms with Crippen LogP contribution in [0.25, 0.3) is 11.0 Å². The summed E-state index contributed by atoms with van der Waals surface area (Å²) in [6, 6.07) is 9.68. The Morgan fingerprint density at radius 2 is 1.68 bits per heavy atom. The maximum absolute atomic E-state index is 12.6. The number of nitro groups is 1. The second kappa shape index (κ2) is 9.75. The van der Waals surface area contributed by atoms with Crippen LogP contribution in [0.2, 0.25) is 0 Å². The van der Waals surface area contributed by atoms with Crippen molar-refractivity contribution in [2.75, 3.05) is 0 Å².